The first-order valence-corrected chi connectivity index (χ1v) is 9.15. The molecule has 6 nitrogen and oxygen atoms in total. The molecule has 142 valence electrons. The Balaban J connectivity index is 2.04. The predicted molar refractivity (Wildman–Crippen MR) is 104 cm³/mol. The van der Waals surface area contributed by atoms with Gasteiger partial charge in [-0.1, -0.05) is 34.8 Å². The molecule has 0 aliphatic heterocycles. The van der Waals surface area contributed by atoms with E-state index in [1.54, 1.807) is 22.8 Å². The molecular weight excluding hydrogens is 415 g/mol. The molecule has 3 rings (SSSR count). The molecule has 0 radical (unpaired) electrons. The van der Waals surface area contributed by atoms with Gasteiger partial charge in [0.1, 0.15) is 23.7 Å². The lowest BCUT2D eigenvalue weighted by atomic mass is 10.2. The number of hydrogen-bond acceptors (Lipinski definition) is 4. The molecular formula is C18H15Cl3N2O4. The first kappa shape index (κ1) is 19.8. The van der Waals surface area contributed by atoms with Crippen molar-refractivity contribution < 1.29 is 19.7 Å². The number of aliphatic hydroxyl groups excluding tert-OH is 1. The van der Waals surface area contributed by atoms with Crippen LogP contribution in [0.3, 0.4) is 0 Å². The Hall–Kier alpha value is -1.99. The van der Waals surface area contributed by atoms with Crippen LogP contribution in [-0.4, -0.2) is 32.3 Å². The monoisotopic (exact) mass is 428 g/mol. The van der Waals surface area contributed by atoms with Crippen molar-refractivity contribution in [2.75, 3.05) is 6.61 Å². The highest BCUT2D eigenvalue weighted by atomic mass is 35.5. The third kappa shape index (κ3) is 4.14. The smallest absolute Gasteiger partial charge is 0.337 e. The van der Waals surface area contributed by atoms with Crippen molar-refractivity contribution in [3.63, 3.8) is 0 Å². The van der Waals surface area contributed by atoms with Crippen molar-refractivity contribution in [1.29, 1.82) is 0 Å². The summed E-state index contributed by atoms with van der Waals surface area (Å²) >= 11 is 18.2. The molecule has 0 bridgehead atoms. The van der Waals surface area contributed by atoms with Gasteiger partial charge in [0.2, 0.25) is 0 Å². The van der Waals surface area contributed by atoms with Gasteiger partial charge in [-0.25, -0.2) is 9.78 Å². The Morgan fingerprint density at radius 3 is 2.59 bits per heavy atom. The Morgan fingerprint density at radius 1 is 1.15 bits per heavy atom. The number of carboxylic acid groups (broad SMARTS) is 1. The third-order valence-corrected chi connectivity index (χ3v) is 4.78. The van der Waals surface area contributed by atoms with E-state index < -0.39 is 5.97 Å². The van der Waals surface area contributed by atoms with Crippen molar-refractivity contribution in [3.8, 4) is 5.75 Å². The lowest BCUT2D eigenvalue weighted by molar-refractivity contribution is 0.0698. The van der Waals surface area contributed by atoms with Gasteiger partial charge >= 0.3 is 5.97 Å². The SMILES string of the molecule is O=C(O)c1ccc(Cl)c2nc(COc3ccc(Cl)cc3Cl)n(CCCO)c12. The number of rotatable bonds is 7. The summed E-state index contributed by atoms with van der Waals surface area (Å²) in [5.41, 5.74) is 0.843. The highest BCUT2D eigenvalue weighted by Crippen LogP contribution is 2.31. The lowest BCUT2D eigenvalue weighted by Gasteiger charge is -2.12. The van der Waals surface area contributed by atoms with E-state index in [9.17, 15) is 15.0 Å². The summed E-state index contributed by atoms with van der Waals surface area (Å²) < 4.78 is 7.44. The van der Waals surface area contributed by atoms with Crippen molar-refractivity contribution in [3.05, 3.63) is 56.8 Å². The van der Waals surface area contributed by atoms with Crippen molar-refractivity contribution >= 4 is 51.8 Å². The van der Waals surface area contributed by atoms with Gasteiger partial charge in [0.05, 0.1) is 21.1 Å². The second-order valence-electron chi connectivity index (χ2n) is 5.72. The van der Waals surface area contributed by atoms with Crippen LogP contribution in [0.4, 0.5) is 0 Å². The van der Waals surface area contributed by atoms with Crippen LogP contribution in [0.25, 0.3) is 11.0 Å². The van der Waals surface area contributed by atoms with Crippen LogP contribution < -0.4 is 4.74 Å². The molecule has 0 saturated carbocycles. The van der Waals surface area contributed by atoms with E-state index in [1.807, 2.05) is 0 Å². The first-order chi connectivity index (χ1) is 12.9. The van der Waals surface area contributed by atoms with Gasteiger partial charge in [0.25, 0.3) is 0 Å². The first-order valence-electron chi connectivity index (χ1n) is 8.02. The summed E-state index contributed by atoms with van der Waals surface area (Å²) in [6.45, 7) is 0.351. The zero-order chi connectivity index (χ0) is 19.6. The molecule has 0 aliphatic rings. The zero-order valence-electron chi connectivity index (χ0n) is 14.0. The number of ether oxygens (including phenoxy) is 1. The average molecular weight is 430 g/mol. The largest absolute Gasteiger partial charge is 0.484 e. The van der Waals surface area contributed by atoms with Crippen LogP contribution >= 0.6 is 34.8 Å². The summed E-state index contributed by atoms with van der Waals surface area (Å²) in [4.78, 5) is 16.1. The highest BCUT2D eigenvalue weighted by Gasteiger charge is 2.20. The van der Waals surface area contributed by atoms with Gasteiger partial charge < -0.3 is 19.5 Å². The van der Waals surface area contributed by atoms with Gasteiger partial charge in [-0.15, -0.1) is 0 Å². The minimum Gasteiger partial charge on any atom is -0.484 e. The van der Waals surface area contributed by atoms with Crippen LogP contribution in [0, 0.1) is 0 Å². The number of aliphatic hydroxyl groups is 1. The summed E-state index contributed by atoms with van der Waals surface area (Å²) in [5, 5.41) is 19.9. The maximum Gasteiger partial charge on any atom is 0.337 e. The standard InChI is InChI=1S/C18H15Cl3N2O4/c19-10-2-5-14(13(21)8-10)27-9-15-22-16-12(20)4-3-11(18(25)26)17(16)23(15)6-1-7-24/h2-5,8,24H,1,6-7,9H2,(H,25,26). The van der Waals surface area contributed by atoms with Gasteiger partial charge in [-0.05, 0) is 36.8 Å². The van der Waals surface area contributed by atoms with E-state index in [1.165, 1.54) is 12.1 Å². The van der Waals surface area contributed by atoms with Crippen molar-refractivity contribution in [2.24, 2.45) is 0 Å². The topological polar surface area (TPSA) is 84.6 Å². The molecule has 0 spiro atoms. The van der Waals surface area contributed by atoms with Gasteiger partial charge in [0.15, 0.2) is 0 Å². The molecule has 0 unspecified atom stereocenters. The van der Waals surface area contributed by atoms with E-state index in [0.29, 0.717) is 50.6 Å². The third-order valence-electron chi connectivity index (χ3n) is 3.95. The fourth-order valence-electron chi connectivity index (χ4n) is 2.74. The normalized spacial score (nSPS) is 11.1. The summed E-state index contributed by atoms with van der Waals surface area (Å²) in [7, 11) is 0. The number of benzene rings is 2. The number of carboxylic acids is 1. The van der Waals surface area contributed by atoms with Crippen LogP contribution in [0.15, 0.2) is 30.3 Å². The molecule has 27 heavy (non-hydrogen) atoms. The average Bonchev–Trinajstić information content (AvgIpc) is 2.98. The van der Waals surface area contributed by atoms with Crippen LogP contribution in [0.1, 0.15) is 22.6 Å². The predicted octanol–water partition coefficient (Wildman–Crippen LogP) is 4.66. The second kappa shape index (κ2) is 8.35. The molecule has 9 heteroatoms. The molecule has 1 aromatic heterocycles. The molecule has 1 heterocycles. The number of hydrogen-bond donors (Lipinski definition) is 2. The molecule has 0 saturated heterocycles. The molecule has 3 aromatic rings. The number of aromatic nitrogens is 2. The second-order valence-corrected chi connectivity index (χ2v) is 6.97. The van der Waals surface area contributed by atoms with Crippen molar-refractivity contribution in [2.45, 2.75) is 19.6 Å². The van der Waals surface area contributed by atoms with E-state index >= 15 is 0 Å². The molecule has 0 amide bonds. The van der Waals surface area contributed by atoms with Crippen LogP contribution in [0.2, 0.25) is 15.1 Å². The number of nitrogens with zero attached hydrogens (tertiary/aromatic N) is 2. The Bertz CT molecular complexity index is 1000. The summed E-state index contributed by atoms with van der Waals surface area (Å²) in [6.07, 6.45) is 0.422. The Morgan fingerprint density at radius 2 is 1.93 bits per heavy atom. The Kier molecular flexibility index (Phi) is 6.11. The fourth-order valence-corrected chi connectivity index (χ4v) is 3.40. The van der Waals surface area contributed by atoms with Gasteiger partial charge in [-0.2, -0.15) is 0 Å². The van der Waals surface area contributed by atoms with Crippen LogP contribution in [0.5, 0.6) is 5.75 Å². The number of aromatic carboxylic acids is 1. The molecule has 0 atom stereocenters. The van der Waals surface area contributed by atoms with Gasteiger partial charge in [0, 0.05) is 18.2 Å². The van der Waals surface area contributed by atoms with Crippen molar-refractivity contribution in [1.82, 2.24) is 9.55 Å². The number of aryl methyl sites for hydroxylation is 1. The number of halogens is 3. The zero-order valence-corrected chi connectivity index (χ0v) is 16.2. The Labute approximate surface area is 169 Å². The molecule has 0 fully saturated rings. The quantitative estimate of drug-likeness (QED) is 0.571. The van der Waals surface area contributed by atoms with E-state index in [2.05, 4.69) is 4.98 Å². The van der Waals surface area contributed by atoms with E-state index in [4.69, 9.17) is 39.5 Å². The maximum absolute atomic E-state index is 11.6. The summed E-state index contributed by atoms with van der Waals surface area (Å²) in [5.74, 6) is -0.193. The number of imidazole rings is 1. The minimum absolute atomic E-state index is 0.0385. The minimum atomic E-state index is -1.09. The molecule has 2 aromatic carbocycles. The van der Waals surface area contributed by atoms with Crippen LogP contribution in [-0.2, 0) is 13.2 Å². The fraction of sp³-hybridized carbons (Fsp3) is 0.222. The number of carbonyl (C=O) groups is 1. The van der Waals surface area contributed by atoms with E-state index in [0.717, 1.165) is 0 Å². The van der Waals surface area contributed by atoms with Gasteiger partial charge in [-0.3, -0.25) is 0 Å². The lowest BCUT2D eigenvalue weighted by Crippen LogP contribution is -2.10. The highest BCUT2D eigenvalue weighted by molar-refractivity contribution is 6.36. The molecule has 2 N–H and O–H groups in total. The molecule has 0 aliphatic carbocycles. The number of fused-ring (bicyclic) bond motifs is 1. The van der Waals surface area contributed by atoms with E-state index in [-0.39, 0.29) is 18.8 Å². The maximum atomic E-state index is 11.6. The summed E-state index contributed by atoms with van der Waals surface area (Å²) in [6, 6.07) is 7.78.